The smallest absolute Gasteiger partial charge is 0.148 e. The van der Waals surface area contributed by atoms with E-state index in [1.54, 1.807) is 0 Å². The largest absolute Gasteiger partial charge is 0.299 e. The zero-order valence-electron chi connectivity index (χ0n) is 16.9. The number of carbonyl (C=O) groups excluding carboxylic acids is 1. The van der Waals surface area contributed by atoms with Crippen LogP contribution in [-0.4, -0.2) is 11.5 Å². The summed E-state index contributed by atoms with van der Waals surface area (Å²) in [5.74, 6) is 2.13. The molecule has 3 aliphatic rings. The van der Waals surface area contributed by atoms with Gasteiger partial charge in [0.25, 0.3) is 0 Å². The zero-order valence-corrected chi connectivity index (χ0v) is 16.9. The lowest BCUT2D eigenvalue weighted by Gasteiger charge is -2.48. The van der Waals surface area contributed by atoms with Crippen LogP contribution in [0.2, 0.25) is 0 Å². The average Bonchev–Trinajstić information content (AvgIpc) is 3.07. The van der Waals surface area contributed by atoms with Crippen LogP contribution >= 0.6 is 0 Å². The standard InChI is InChI=1S/C26H26N2O/c1-26-14-13-20-21(23(26)11-12-25(26)29)10-9-17-7-8-18(15-22(17)20)24(16-27)28-19-5-3-2-4-6-19/h2-8,15,20-21,23H,9-14H2,1H3/t20-,21+,23-,26-/m0/s1. The number of aliphatic imine (C=N–C) groups is 1. The van der Waals surface area contributed by atoms with Gasteiger partial charge in [-0.3, -0.25) is 4.79 Å². The molecule has 29 heavy (non-hydrogen) atoms. The molecule has 3 nitrogen and oxygen atoms in total. The molecular weight excluding hydrogens is 356 g/mol. The third-order valence-corrected chi connectivity index (χ3v) is 7.81. The van der Waals surface area contributed by atoms with E-state index in [4.69, 9.17) is 0 Å². The van der Waals surface area contributed by atoms with E-state index in [1.165, 1.54) is 17.5 Å². The maximum Gasteiger partial charge on any atom is 0.148 e. The van der Waals surface area contributed by atoms with Crippen molar-refractivity contribution in [3.8, 4) is 6.07 Å². The Balaban J connectivity index is 1.51. The fourth-order valence-corrected chi connectivity index (χ4v) is 6.27. The first-order valence-corrected chi connectivity index (χ1v) is 10.8. The van der Waals surface area contributed by atoms with E-state index in [2.05, 4.69) is 36.2 Å². The molecule has 0 aliphatic heterocycles. The molecule has 146 valence electrons. The van der Waals surface area contributed by atoms with Crippen molar-refractivity contribution in [1.82, 2.24) is 0 Å². The molecule has 0 N–H and O–H groups in total. The first-order chi connectivity index (χ1) is 14.1. The second kappa shape index (κ2) is 6.95. The van der Waals surface area contributed by atoms with Gasteiger partial charge < -0.3 is 0 Å². The van der Waals surface area contributed by atoms with Crippen LogP contribution in [0.3, 0.4) is 0 Å². The van der Waals surface area contributed by atoms with Crippen LogP contribution in [0.4, 0.5) is 5.69 Å². The monoisotopic (exact) mass is 382 g/mol. The summed E-state index contributed by atoms with van der Waals surface area (Å²) in [7, 11) is 0. The van der Waals surface area contributed by atoms with Crippen molar-refractivity contribution in [2.45, 2.75) is 51.4 Å². The first-order valence-electron chi connectivity index (χ1n) is 10.8. The third-order valence-electron chi connectivity index (χ3n) is 7.81. The van der Waals surface area contributed by atoms with Gasteiger partial charge in [-0.05, 0) is 79.2 Å². The van der Waals surface area contributed by atoms with E-state index in [9.17, 15) is 10.1 Å². The van der Waals surface area contributed by atoms with Crippen LogP contribution in [-0.2, 0) is 11.2 Å². The van der Waals surface area contributed by atoms with Gasteiger partial charge in [-0.25, -0.2) is 4.99 Å². The summed E-state index contributed by atoms with van der Waals surface area (Å²) in [6.07, 6.45) is 6.18. The number of hydrogen-bond acceptors (Lipinski definition) is 3. The van der Waals surface area contributed by atoms with E-state index in [0.29, 0.717) is 29.2 Å². The molecule has 2 saturated carbocycles. The average molecular weight is 383 g/mol. The van der Waals surface area contributed by atoms with Crippen molar-refractivity contribution in [3.63, 3.8) is 0 Å². The maximum atomic E-state index is 12.6. The molecule has 3 aliphatic carbocycles. The third kappa shape index (κ3) is 2.94. The second-order valence-electron chi connectivity index (χ2n) is 9.15. The van der Waals surface area contributed by atoms with Crippen LogP contribution in [0.1, 0.15) is 61.6 Å². The number of rotatable bonds is 2. The summed E-state index contributed by atoms with van der Waals surface area (Å²) in [5.41, 5.74) is 4.90. The summed E-state index contributed by atoms with van der Waals surface area (Å²) in [6, 6.07) is 18.4. The first kappa shape index (κ1) is 18.3. The Bertz CT molecular complexity index is 1030. The molecule has 0 unspecified atom stereocenters. The molecule has 2 aromatic rings. The van der Waals surface area contributed by atoms with Crippen molar-refractivity contribution in [3.05, 3.63) is 65.2 Å². The van der Waals surface area contributed by atoms with E-state index in [-0.39, 0.29) is 5.41 Å². The summed E-state index contributed by atoms with van der Waals surface area (Å²) < 4.78 is 0. The Labute approximate surface area is 172 Å². The van der Waals surface area contributed by atoms with E-state index < -0.39 is 0 Å². The lowest BCUT2D eigenvalue weighted by atomic mass is 9.55. The Morgan fingerprint density at radius 2 is 1.93 bits per heavy atom. The molecule has 3 heteroatoms. The summed E-state index contributed by atoms with van der Waals surface area (Å²) in [5, 5.41) is 9.75. The summed E-state index contributed by atoms with van der Waals surface area (Å²) >= 11 is 0. The van der Waals surface area contributed by atoms with Gasteiger partial charge in [0, 0.05) is 17.4 Å². The van der Waals surface area contributed by atoms with Crippen molar-refractivity contribution in [1.29, 1.82) is 5.26 Å². The lowest BCUT2D eigenvalue weighted by Crippen LogP contribution is -2.42. The molecule has 2 aromatic carbocycles. The fourth-order valence-electron chi connectivity index (χ4n) is 6.27. The SMILES string of the molecule is C[C@]12CC[C@@H]3c4cc(C(C#N)=Nc5ccccc5)ccc4CC[C@H]3[C@@H]1CCC2=O. The summed E-state index contributed by atoms with van der Waals surface area (Å²) in [6.45, 7) is 2.22. The maximum absolute atomic E-state index is 12.6. The van der Waals surface area contributed by atoms with Crippen LogP contribution in [0.25, 0.3) is 0 Å². The van der Waals surface area contributed by atoms with Gasteiger partial charge in [-0.2, -0.15) is 5.26 Å². The molecule has 2 fully saturated rings. The number of ketones is 1. The van der Waals surface area contributed by atoms with E-state index >= 15 is 0 Å². The predicted octanol–water partition coefficient (Wildman–Crippen LogP) is 5.76. The number of hydrogen-bond donors (Lipinski definition) is 0. The highest BCUT2D eigenvalue weighted by Gasteiger charge is 2.54. The Morgan fingerprint density at radius 1 is 1.10 bits per heavy atom. The normalized spacial score (nSPS) is 30.8. The Kier molecular flexibility index (Phi) is 4.39. The highest BCUT2D eigenvalue weighted by molar-refractivity contribution is 6.12. The lowest BCUT2D eigenvalue weighted by molar-refractivity contribution is -0.129. The molecule has 0 spiro atoms. The fraction of sp³-hybridized carbons (Fsp3) is 0.423. The number of carbonyl (C=O) groups is 1. The van der Waals surface area contributed by atoms with Gasteiger partial charge >= 0.3 is 0 Å². The van der Waals surface area contributed by atoms with Crippen LogP contribution in [0, 0.1) is 28.6 Å². The topological polar surface area (TPSA) is 53.2 Å². The number of fused-ring (bicyclic) bond motifs is 5. The number of nitrogens with zero attached hydrogens (tertiary/aromatic N) is 2. The van der Waals surface area contributed by atoms with Gasteiger partial charge in [0.1, 0.15) is 17.6 Å². The molecular formula is C26H26N2O. The molecule has 0 bridgehead atoms. The Hall–Kier alpha value is -2.73. The van der Waals surface area contributed by atoms with Gasteiger partial charge in [0.15, 0.2) is 0 Å². The van der Waals surface area contributed by atoms with Crippen LogP contribution in [0.5, 0.6) is 0 Å². The van der Waals surface area contributed by atoms with Gasteiger partial charge in [-0.1, -0.05) is 37.3 Å². The second-order valence-corrected chi connectivity index (χ2v) is 9.15. The van der Waals surface area contributed by atoms with Gasteiger partial charge in [-0.15, -0.1) is 0 Å². The Morgan fingerprint density at radius 3 is 2.72 bits per heavy atom. The number of aryl methyl sites for hydroxylation is 1. The van der Waals surface area contributed by atoms with Crippen molar-refractivity contribution < 1.29 is 4.79 Å². The number of nitriles is 1. The van der Waals surface area contributed by atoms with Gasteiger partial charge in [0.05, 0.1) is 5.69 Å². The minimum atomic E-state index is -0.0944. The minimum absolute atomic E-state index is 0.0944. The quantitative estimate of drug-likeness (QED) is 0.620. The summed E-state index contributed by atoms with van der Waals surface area (Å²) in [4.78, 5) is 17.1. The molecule has 4 atom stereocenters. The molecule has 0 heterocycles. The van der Waals surface area contributed by atoms with Crippen molar-refractivity contribution in [2.75, 3.05) is 0 Å². The molecule has 0 saturated heterocycles. The molecule has 5 rings (SSSR count). The molecule has 0 radical (unpaired) electrons. The highest BCUT2D eigenvalue weighted by atomic mass is 16.1. The number of benzene rings is 2. The molecule has 0 amide bonds. The van der Waals surface area contributed by atoms with Crippen LogP contribution in [0.15, 0.2) is 53.5 Å². The minimum Gasteiger partial charge on any atom is -0.299 e. The number of para-hydroxylation sites is 1. The van der Waals surface area contributed by atoms with Crippen molar-refractivity contribution in [2.24, 2.45) is 22.2 Å². The van der Waals surface area contributed by atoms with E-state index in [1.807, 2.05) is 30.3 Å². The number of Topliss-reactive ketones (excluding diaryl/α,β-unsaturated/α-hetero) is 1. The molecule has 0 aromatic heterocycles. The highest BCUT2D eigenvalue weighted by Crippen LogP contribution is 2.59. The van der Waals surface area contributed by atoms with Gasteiger partial charge in [0.2, 0.25) is 0 Å². The predicted molar refractivity (Wildman–Crippen MR) is 114 cm³/mol. The zero-order chi connectivity index (χ0) is 20.0. The van der Waals surface area contributed by atoms with Crippen molar-refractivity contribution >= 4 is 17.2 Å². The van der Waals surface area contributed by atoms with E-state index in [0.717, 1.165) is 43.4 Å². The van der Waals surface area contributed by atoms with Crippen LogP contribution < -0.4 is 0 Å².